The van der Waals surface area contributed by atoms with Gasteiger partial charge in [-0.05, 0) is 23.7 Å². The highest BCUT2D eigenvalue weighted by Crippen LogP contribution is 2.17. The van der Waals surface area contributed by atoms with Gasteiger partial charge in [0.1, 0.15) is 10.8 Å². The molecule has 0 bridgehead atoms. The maximum Gasteiger partial charge on any atom is 0.132 e. The van der Waals surface area contributed by atoms with Crippen LogP contribution in [0.25, 0.3) is 0 Å². The highest BCUT2D eigenvalue weighted by molar-refractivity contribution is 6.30. The van der Waals surface area contributed by atoms with Crippen molar-refractivity contribution in [3.8, 4) is 0 Å². The predicted octanol–water partition coefficient (Wildman–Crippen LogP) is 2.44. The van der Waals surface area contributed by atoms with Crippen LogP contribution in [-0.4, -0.2) is 4.98 Å². The van der Waals surface area contributed by atoms with E-state index >= 15 is 0 Å². The molecule has 1 heterocycles. The second-order valence-corrected chi connectivity index (χ2v) is 2.25. The molecule has 0 aliphatic carbocycles. The first kappa shape index (κ1) is 7.15. The molecule has 4 heteroatoms. The van der Waals surface area contributed by atoms with Gasteiger partial charge in [0.2, 0.25) is 0 Å². The summed E-state index contributed by atoms with van der Waals surface area (Å²) in [6.07, 6.45) is 1.34. The SMILES string of the molecule is Cc1cc(N=O)cnc1Cl. The van der Waals surface area contributed by atoms with Gasteiger partial charge in [-0.15, -0.1) is 4.91 Å². The number of rotatable bonds is 1. The molecule has 0 atom stereocenters. The molecule has 0 aliphatic heterocycles. The minimum absolute atomic E-state index is 0.307. The minimum atomic E-state index is 0.307. The zero-order valence-electron chi connectivity index (χ0n) is 5.34. The molecule has 0 aromatic carbocycles. The number of hydrogen-bond acceptors (Lipinski definition) is 3. The van der Waals surface area contributed by atoms with Crippen molar-refractivity contribution in [3.63, 3.8) is 0 Å². The molecule has 52 valence electrons. The third kappa shape index (κ3) is 1.30. The summed E-state index contributed by atoms with van der Waals surface area (Å²) in [5.41, 5.74) is 1.07. The lowest BCUT2D eigenvalue weighted by molar-refractivity contribution is 1.25. The number of nitroso groups, excluding NO2 is 1. The van der Waals surface area contributed by atoms with E-state index in [-0.39, 0.29) is 0 Å². The summed E-state index contributed by atoms with van der Waals surface area (Å²) >= 11 is 5.58. The highest BCUT2D eigenvalue weighted by Gasteiger charge is 1.96. The van der Waals surface area contributed by atoms with E-state index in [4.69, 9.17) is 11.6 Å². The number of halogens is 1. The Labute approximate surface area is 63.0 Å². The van der Waals surface area contributed by atoms with E-state index < -0.39 is 0 Å². The number of aryl methyl sites for hydroxylation is 1. The Morgan fingerprint density at radius 1 is 1.70 bits per heavy atom. The Bertz CT molecular complexity index is 262. The average molecular weight is 157 g/mol. The van der Waals surface area contributed by atoms with Crippen molar-refractivity contribution in [1.29, 1.82) is 0 Å². The molecule has 3 nitrogen and oxygen atoms in total. The topological polar surface area (TPSA) is 42.3 Å². The van der Waals surface area contributed by atoms with E-state index in [9.17, 15) is 4.91 Å². The Kier molecular flexibility index (Phi) is 1.97. The summed E-state index contributed by atoms with van der Waals surface area (Å²) in [6.45, 7) is 1.77. The normalized spacial score (nSPS) is 9.40. The van der Waals surface area contributed by atoms with Crippen LogP contribution in [0.4, 0.5) is 5.69 Å². The van der Waals surface area contributed by atoms with Gasteiger partial charge in [0, 0.05) is 0 Å². The Hall–Kier alpha value is -0.960. The maximum atomic E-state index is 9.94. The molecular formula is C6H5ClN2O. The van der Waals surface area contributed by atoms with Crippen molar-refractivity contribution in [2.24, 2.45) is 5.18 Å². The minimum Gasteiger partial charge on any atom is -0.242 e. The number of hydrogen-bond donors (Lipinski definition) is 0. The molecule has 0 saturated carbocycles. The summed E-state index contributed by atoms with van der Waals surface area (Å²) in [6, 6.07) is 1.59. The van der Waals surface area contributed by atoms with Crippen molar-refractivity contribution in [2.75, 3.05) is 0 Å². The van der Waals surface area contributed by atoms with Crippen molar-refractivity contribution >= 4 is 17.3 Å². The van der Waals surface area contributed by atoms with Gasteiger partial charge in [0.05, 0.1) is 6.20 Å². The number of aromatic nitrogens is 1. The Balaban J connectivity index is 3.16. The lowest BCUT2D eigenvalue weighted by Crippen LogP contribution is -1.78. The van der Waals surface area contributed by atoms with Gasteiger partial charge in [-0.2, -0.15) is 0 Å². The predicted molar refractivity (Wildman–Crippen MR) is 39.4 cm³/mol. The van der Waals surface area contributed by atoms with Gasteiger partial charge in [-0.25, -0.2) is 4.98 Å². The van der Waals surface area contributed by atoms with Crippen LogP contribution in [0, 0.1) is 11.8 Å². The molecule has 0 saturated heterocycles. The molecule has 0 aliphatic rings. The first-order chi connectivity index (χ1) is 4.74. The van der Waals surface area contributed by atoms with Crippen molar-refractivity contribution in [2.45, 2.75) is 6.92 Å². The fraction of sp³-hybridized carbons (Fsp3) is 0.167. The van der Waals surface area contributed by atoms with E-state index in [1.54, 1.807) is 13.0 Å². The molecular weight excluding hydrogens is 152 g/mol. The molecule has 1 aromatic rings. The van der Waals surface area contributed by atoms with Crippen LogP contribution in [0.15, 0.2) is 17.4 Å². The summed E-state index contributed by atoms with van der Waals surface area (Å²) < 4.78 is 0. The van der Waals surface area contributed by atoms with Crippen molar-refractivity contribution in [1.82, 2.24) is 4.98 Å². The van der Waals surface area contributed by atoms with Crippen LogP contribution < -0.4 is 0 Å². The van der Waals surface area contributed by atoms with Gasteiger partial charge in [0.15, 0.2) is 0 Å². The largest absolute Gasteiger partial charge is 0.242 e. The summed E-state index contributed by atoms with van der Waals surface area (Å²) in [5, 5.41) is 3.11. The van der Waals surface area contributed by atoms with Gasteiger partial charge in [0.25, 0.3) is 0 Å². The fourth-order valence-corrected chi connectivity index (χ4v) is 0.697. The van der Waals surface area contributed by atoms with E-state index in [1.807, 2.05) is 0 Å². The smallest absolute Gasteiger partial charge is 0.132 e. The molecule has 0 N–H and O–H groups in total. The molecule has 0 amide bonds. The quantitative estimate of drug-likeness (QED) is 0.463. The van der Waals surface area contributed by atoms with Crippen LogP contribution in [0.2, 0.25) is 5.15 Å². The van der Waals surface area contributed by atoms with E-state index in [0.717, 1.165) is 5.56 Å². The van der Waals surface area contributed by atoms with Gasteiger partial charge < -0.3 is 0 Å². The van der Waals surface area contributed by atoms with Crippen molar-refractivity contribution in [3.05, 3.63) is 27.9 Å². The molecule has 0 spiro atoms. The third-order valence-electron chi connectivity index (χ3n) is 1.11. The Morgan fingerprint density at radius 2 is 2.40 bits per heavy atom. The first-order valence-electron chi connectivity index (χ1n) is 2.69. The maximum absolute atomic E-state index is 9.94. The summed E-state index contributed by atoms with van der Waals surface area (Å²) in [4.78, 5) is 13.7. The molecule has 10 heavy (non-hydrogen) atoms. The second kappa shape index (κ2) is 2.75. The van der Waals surface area contributed by atoms with E-state index in [1.165, 1.54) is 6.20 Å². The van der Waals surface area contributed by atoms with Crippen LogP contribution in [-0.2, 0) is 0 Å². The van der Waals surface area contributed by atoms with Crippen LogP contribution in [0.5, 0.6) is 0 Å². The van der Waals surface area contributed by atoms with Crippen LogP contribution >= 0.6 is 11.6 Å². The Morgan fingerprint density at radius 3 is 2.90 bits per heavy atom. The average Bonchev–Trinajstić information content (AvgIpc) is 1.95. The zero-order chi connectivity index (χ0) is 7.56. The van der Waals surface area contributed by atoms with Gasteiger partial charge in [-0.1, -0.05) is 11.6 Å². The monoisotopic (exact) mass is 156 g/mol. The van der Waals surface area contributed by atoms with Gasteiger partial charge in [-0.3, -0.25) is 0 Å². The second-order valence-electron chi connectivity index (χ2n) is 1.89. The molecule has 1 rings (SSSR count). The highest BCUT2D eigenvalue weighted by atomic mass is 35.5. The number of nitrogens with zero attached hydrogens (tertiary/aromatic N) is 2. The first-order valence-corrected chi connectivity index (χ1v) is 3.07. The molecule has 1 aromatic heterocycles. The van der Waals surface area contributed by atoms with Crippen molar-refractivity contribution < 1.29 is 0 Å². The molecule has 0 fully saturated rings. The number of pyridine rings is 1. The fourth-order valence-electron chi connectivity index (χ4n) is 0.593. The summed E-state index contributed by atoms with van der Waals surface area (Å²) in [5.74, 6) is 0. The van der Waals surface area contributed by atoms with E-state index in [0.29, 0.717) is 10.8 Å². The van der Waals surface area contributed by atoms with Crippen LogP contribution in [0.1, 0.15) is 5.56 Å². The standard InChI is InChI=1S/C6H5ClN2O/c1-4-2-5(9-10)3-8-6(4)7/h2-3H,1H3. The molecule has 0 unspecified atom stereocenters. The molecule has 0 radical (unpaired) electrons. The lowest BCUT2D eigenvalue weighted by atomic mass is 10.3. The third-order valence-corrected chi connectivity index (χ3v) is 1.50. The van der Waals surface area contributed by atoms with Crippen LogP contribution in [0.3, 0.4) is 0 Å². The summed E-state index contributed by atoms with van der Waals surface area (Å²) in [7, 11) is 0. The van der Waals surface area contributed by atoms with Gasteiger partial charge >= 0.3 is 0 Å². The lowest BCUT2D eigenvalue weighted by Gasteiger charge is -1.93. The zero-order valence-corrected chi connectivity index (χ0v) is 6.09. The van der Waals surface area contributed by atoms with E-state index in [2.05, 4.69) is 10.2 Å².